The molecule has 0 spiro atoms. The Morgan fingerprint density at radius 1 is 1.17 bits per heavy atom. The number of rotatable bonds is 8. The number of pyridine rings is 1. The van der Waals surface area contributed by atoms with E-state index in [1.165, 1.54) is 37.1 Å². The van der Waals surface area contributed by atoms with Gasteiger partial charge in [0, 0.05) is 37.4 Å². The molecule has 0 radical (unpaired) electrons. The van der Waals surface area contributed by atoms with Gasteiger partial charge >= 0.3 is 0 Å². The molecule has 156 valence electrons. The number of nitrogens with zero attached hydrogens (tertiary/aromatic N) is 2. The van der Waals surface area contributed by atoms with Crippen molar-refractivity contribution in [2.75, 3.05) is 18.0 Å². The lowest BCUT2D eigenvalue weighted by Crippen LogP contribution is -2.32. The van der Waals surface area contributed by atoms with Crippen LogP contribution in [0.5, 0.6) is 0 Å². The number of sulfonamides is 1. The molecule has 2 N–H and O–H groups in total. The first-order valence-electron chi connectivity index (χ1n) is 9.99. The predicted molar refractivity (Wildman–Crippen MR) is 113 cm³/mol. The van der Waals surface area contributed by atoms with Gasteiger partial charge in [-0.2, -0.15) is 0 Å². The fraction of sp³-hybridized carbons (Fsp3) is 0.429. The molecule has 2 heterocycles. The van der Waals surface area contributed by atoms with Crippen LogP contribution in [0.1, 0.15) is 49.0 Å². The zero-order chi connectivity index (χ0) is 20.9. The highest BCUT2D eigenvalue weighted by atomic mass is 32.2. The summed E-state index contributed by atoms with van der Waals surface area (Å²) in [5.41, 5.74) is 1.40. The summed E-state index contributed by atoms with van der Waals surface area (Å²) >= 11 is 0. The van der Waals surface area contributed by atoms with Crippen LogP contribution in [0.2, 0.25) is 0 Å². The Morgan fingerprint density at radius 3 is 2.52 bits per heavy atom. The Kier molecular flexibility index (Phi) is 6.87. The minimum Gasteiger partial charge on any atom is -0.357 e. The lowest BCUT2D eigenvalue weighted by atomic mass is 10.2. The van der Waals surface area contributed by atoms with E-state index in [-0.39, 0.29) is 16.8 Å². The number of hydrogen-bond acceptors (Lipinski definition) is 5. The lowest BCUT2D eigenvalue weighted by molar-refractivity contribution is 0.0951. The molecule has 1 atom stereocenters. The molecule has 1 aromatic carbocycles. The van der Waals surface area contributed by atoms with Crippen molar-refractivity contribution >= 4 is 21.7 Å². The molecule has 1 saturated heterocycles. The van der Waals surface area contributed by atoms with Crippen molar-refractivity contribution in [3.8, 4) is 0 Å². The van der Waals surface area contributed by atoms with Crippen molar-refractivity contribution < 1.29 is 13.2 Å². The number of amides is 1. The molecular formula is C21H28N4O3S. The summed E-state index contributed by atoms with van der Waals surface area (Å²) in [7, 11) is -3.58. The van der Waals surface area contributed by atoms with Gasteiger partial charge in [-0.15, -0.1) is 0 Å². The van der Waals surface area contributed by atoms with Crippen molar-refractivity contribution in [3.05, 3.63) is 53.7 Å². The standard InChI is InChI=1S/C21H28N4O3S/c1-3-16(2)24-29(27,28)19-8-6-18(7-9-19)21(26)23-15-17-10-11-22-20(14-17)25-12-4-5-13-25/h6-11,14,16,24H,3-5,12-13,15H2,1-2H3,(H,23,26). The Labute approximate surface area is 172 Å². The lowest BCUT2D eigenvalue weighted by Gasteiger charge is -2.17. The van der Waals surface area contributed by atoms with E-state index in [2.05, 4.69) is 19.9 Å². The highest BCUT2D eigenvalue weighted by Crippen LogP contribution is 2.18. The van der Waals surface area contributed by atoms with Crippen LogP contribution in [0.15, 0.2) is 47.5 Å². The molecule has 7 nitrogen and oxygen atoms in total. The summed E-state index contributed by atoms with van der Waals surface area (Å²) in [4.78, 5) is 19.3. The summed E-state index contributed by atoms with van der Waals surface area (Å²) in [5.74, 6) is 0.695. The molecule has 8 heteroatoms. The number of carbonyl (C=O) groups excluding carboxylic acids is 1. The van der Waals surface area contributed by atoms with Gasteiger partial charge in [0.05, 0.1) is 4.90 Å². The number of hydrogen-bond donors (Lipinski definition) is 2. The molecule has 1 fully saturated rings. The molecule has 1 amide bonds. The third-order valence-corrected chi connectivity index (χ3v) is 6.69. The molecule has 0 saturated carbocycles. The maximum Gasteiger partial charge on any atom is 0.251 e. The number of nitrogens with one attached hydrogen (secondary N) is 2. The fourth-order valence-corrected chi connectivity index (χ4v) is 4.50. The van der Waals surface area contributed by atoms with Gasteiger partial charge in [0.1, 0.15) is 5.82 Å². The number of aromatic nitrogens is 1. The second-order valence-electron chi connectivity index (χ2n) is 7.35. The third-order valence-electron chi connectivity index (χ3n) is 5.09. The van der Waals surface area contributed by atoms with Crippen molar-refractivity contribution in [3.63, 3.8) is 0 Å². The van der Waals surface area contributed by atoms with Gasteiger partial charge in [-0.1, -0.05) is 6.92 Å². The van der Waals surface area contributed by atoms with Gasteiger partial charge in [0.2, 0.25) is 10.0 Å². The zero-order valence-electron chi connectivity index (χ0n) is 16.9. The van der Waals surface area contributed by atoms with Gasteiger partial charge < -0.3 is 10.2 Å². The molecule has 1 unspecified atom stereocenters. The molecule has 1 aliphatic heterocycles. The predicted octanol–water partition coefficient (Wildman–Crippen LogP) is 2.69. The maximum absolute atomic E-state index is 12.4. The zero-order valence-corrected chi connectivity index (χ0v) is 17.7. The average Bonchev–Trinajstić information content (AvgIpc) is 3.27. The summed E-state index contributed by atoms with van der Waals surface area (Å²) in [6.45, 7) is 6.15. The molecule has 1 aromatic heterocycles. The van der Waals surface area contributed by atoms with E-state index in [9.17, 15) is 13.2 Å². The molecule has 2 aromatic rings. The minimum atomic E-state index is -3.58. The van der Waals surface area contributed by atoms with Gasteiger partial charge in [-0.05, 0) is 68.1 Å². The number of benzene rings is 1. The summed E-state index contributed by atoms with van der Waals surface area (Å²) < 4.78 is 27.2. The topological polar surface area (TPSA) is 91.4 Å². The van der Waals surface area contributed by atoms with Crippen LogP contribution in [0, 0.1) is 0 Å². The quantitative estimate of drug-likeness (QED) is 0.690. The normalized spacial score (nSPS) is 15.3. The van der Waals surface area contributed by atoms with E-state index in [0.717, 1.165) is 24.5 Å². The van der Waals surface area contributed by atoms with Crippen LogP contribution in [-0.4, -0.2) is 38.4 Å². The highest BCUT2D eigenvalue weighted by molar-refractivity contribution is 7.89. The molecule has 29 heavy (non-hydrogen) atoms. The van der Waals surface area contributed by atoms with E-state index in [1.807, 2.05) is 26.0 Å². The smallest absolute Gasteiger partial charge is 0.251 e. The van der Waals surface area contributed by atoms with Crippen LogP contribution in [0.4, 0.5) is 5.82 Å². The Balaban J connectivity index is 1.60. The summed E-state index contributed by atoms with van der Waals surface area (Å²) in [5, 5.41) is 2.88. The molecular weight excluding hydrogens is 388 g/mol. The van der Waals surface area contributed by atoms with Crippen LogP contribution in [0.25, 0.3) is 0 Å². The second kappa shape index (κ2) is 9.37. The summed E-state index contributed by atoms with van der Waals surface area (Å²) in [6, 6.07) is 9.71. The molecule has 3 rings (SSSR count). The fourth-order valence-electron chi connectivity index (χ4n) is 3.18. The maximum atomic E-state index is 12.4. The molecule has 1 aliphatic rings. The van der Waals surface area contributed by atoms with Crippen LogP contribution < -0.4 is 14.9 Å². The van der Waals surface area contributed by atoms with E-state index in [1.54, 1.807) is 6.20 Å². The number of anilines is 1. The van der Waals surface area contributed by atoms with E-state index in [4.69, 9.17) is 0 Å². The van der Waals surface area contributed by atoms with E-state index in [0.29, 0.717) is 18.5 Å². The molecule has 0 bridgehead atoms. The van der Waals surface area contributed by atoms with E-state index >= 15 is 0 Å². The largest absolute Gasteiger partial charge is 0.357 e. The first-order chi connectivity index (χ1) is 13.9. The van der Waals surface area contributed by atoms with Gasteiger partial charge in [-0.3, -0.25) is 4.79 Å². The van der Waals surface area contributed by atoms with E-state index < -0.39 is 10.0 Å². The Hall–Kier alpha value is -2.45. The van der Waals surface area contributed by atoms with Crippen LogP contribution >= 0.6 is 0 Å². The van der Waals surface area contributed by atoms with Gasteiger partial charge in [0.25, 0.3) is 5.91 Å². The Bertz CT molecular complexity index is 939. The summed E-state index contributed by atoms with van der Waals surface area (Å²) in [6.07, 6.45) is 4.83. The average molecular weight is 417 g/mol. The first kappa shape index (κ1) is 21.3. The monoisotopic (exact) mass is 416 g/mol. The van der Waals surface area contributed by atoms with Crippen molar-refractivity contribution in [2.24, 2.45) is 0 Å². The third kappa shape index (κ3) is 5.55. The van der Waals surface area contributed by atoms with Crippen molar-refractivity contribution in [2.45, 2.75) is 50.6 Å². The van der Waals surface area contributed by atoms with Gasteiger partial charge in [0.15, 0.2) is 0 Å². The first-order valence-corrected chi connectivity index (χ1v) is 11.5. The van der Waals surface area contributed by atoms with Crippen LogP contribution in [-0.2, 0) is 16.6 Å². The highest BCUT2D eigenvalue weighted by Gasteiger charge is 2.17. The van der Waals surface area contributed by atoms with Crippen molar-refractivity contribution in [1.82, 2.24) is 15.0 Å². The number of carbonyl (C=O) groups is 1. The second-order valence-corrected chi connectivity index (χ2v) is 9.07. The Morgan fingerprint density at radius 2 is 1.86 bits per heavy atom. The van der Waals surface area contributed by atoms with Crippen LogP contribution in [0.3, 0.4) is 0 Å². The van der Waals surface area contributed by atoms with Crippen molar-refractivity contribution in [1.29, 1.82) is 0 Å². The minimum absolute atomic E-state index is 0.145. The molecule has 0 aliphatic carbocycles. The van der Waals surface area contributed by atoms with Gasteiger partial charge in [-0.25, -0.2) is 18.1 Å². The SMILES string of the molecule is CCC(C)NS(=O)(=O)c1ccc(C(=O)NCc2ccnc(N3CCCC3)c2)cc1.